The van der Waals surface area contributed by atoms with Crippen molar-refractivity contribution in [2.24, 2.45) is 0 Å². The van der Waals surface area contributed by atoms with Crippen LogP contribution in [0.3, 0.4) is 0 Å². The van der Waals surface area contributed by atoms with E-state index in [9.17, 15) is 17.6 Å². The van der Waals surface area contributed by atoms with Gasteiger partial charge in [0.25, 0.3) is 0 Å². The van der Waals surface area contributed by atoms with E-state index in [-0.39, 0.29) is 15.6 Å². The number of pyridine rings is 1. The molecule has 8 heteroatoms. The van der Waals surface area contributed by atoms with Crippen molar-refractivity contribution >= 4 is 16.3 Å². The van der Waals surface area contributed by atoms with Crippen LogP contribution in [0, 0.1) is 5.82 Å². The minimum absolute atomic E-state index is 0.0215. The number of halogens is 4. The molecule has 0 amide bonds. The van der Waals surface area contributed by atoms with Crippen LogP contribution in [0.25, 0.3) is 10.6 Å². The van der Waals surface area contributed by atoms with E-state index in [2.05, 4.69) is 9.97 Å². The number of anilines is 1. The predicted octanol–water partition coefficient (Wildman–Crippen LogP) is 3.43. The van der Waals surface area contributed by atoms with Crippen LogP contribution < -0.4 is 4.90 Å². The Morgan fingerprint density at radius 2 is 1.89 bits per heavy atom. The first-order valence-corrected chi connectivity index (χ1v) is 5.97. The molecule has 0 fully saturated rings. The first-order valence-electron chi connectivity index (χ1n) is 5.15. The Hall–Kier alpha value is -1.70. The summed E-state index contributed by atoms with van der Waals surface area (Å²) in [7, 11) is 2.99. The zero-order valence-electron chi connectivity index (χ0n) is 9.99. The zero-order valence-corrected chi connectivity index (χ0v) is 10.8. The van der Waals surface area contributed by atoms with E-state index < -0.39 is 17.7 Å². The average molecular weight is 291 g/mol. The second kappa shape index (κ2) is 4.76. The highest BCUT2D eigenvalue weighted by atomic mass is 32.1. The Morgan fingerprint density at radius 1 is 1.21 bits per heavy atom. The van der Waals surface area contributed by atoms with Gasteiger partial charge in [-0.2, -0.15) is 13.2 Å². The standard InChI is InChI=1S/C11H9F4N3S/c1-18(2)10-8(11(13,14)15)17-9(19-10)6-3-7(12)5-16-4-6/h3-5H,1-2H3. The number of thiazole rings is 1. The summed E-state index contributed by atoms with van der Waals surface area (Å²) < 4.78 is 51.6. The molecule has 0 aliphatic carbocycles. The molecular weight excluding hydrogens is 282 g/mol. The fraction of sp³-hybridized carbons (Fsp3) is 0.273. The van der Waals surface area contributed by atoms with Crippen LogP contribution in [0.1, 0.15) is 5.69 Å². The van der Waals surface area contributed by atoms with Gasteiger partial charge in [0.15, 0.2) is 5.69 Å². The molecule has 19 heavy (non-hydrogen) atoms. The van der Waals surface area contributed by atoms with Crippen molar-refractivity contribution in [2.45, 2.75) is 6.18 Å². The second-order valence-electron chi connectivity index (χ2n) is 3.96. The number of hydrogen-bond donors (Lipinski definition) is 0. The number of nitrogens with zero attached hydrogens (tertiary/aromatic N) is 3. The monoisotopic (exact) mass is 291 g/mol. The maximum atomic E-state index is 13.0. The minimum Gasteiger partial charge on any atom is -0.368 e. The summed E-state index contributed by atoms with van der Waals surface area (Å²) >= 11 is 0.844. The van der Waals surface area contributed by atoms with E-state index in [1.54, 1.807) is 0 Å². The smallest absolute Gasteiger partial charge is 0.368 e. The van der Waals surface area contributed by atoms with E-state index >= 15 is 0 Å². The van der Waals surface area contributed by atoms with E-state index in [4.69, 9.17) is 0 Å². The third kappa shape index (κ3) is 2.83. The van der Waals surface area contributed by atoms with Gasteiger partial charge in [0, 0.05) is 25.9 Å². The van der Waals surface area contributed by atoms with Gasteiger partial charge in [-0.1, -0.05) is 11.3 Å². The summed E-state index contributed by atoms with van der Waals surface area (Å²) in [6.45, 7) is 0. The van der Waals surface area contributed by atoms with Crippen LogP contribution in [0.5, 0.6) is 0 Å². The summed E-state index contributed by atoms with van der Waals surface area (Å²) in [5.74, 6) is -0.618. The van der Waals surface area contributed by atoms with Crippen molar-refractivity contribution in [1.82, 2.24) is 9.97 Å². The van der Waals surface area contributed by atoms with Gasteiger partial charge in [-0.3, -0.25) is 4.98 Å². The number of hydrogen-bond acceptors (Lipinski definition) is 4. The fourth-order valence-electron chi connectivity index (χ4n) is 1.45. The molecule has 0 radical (unpaired) electrons. The van der Waals surface area contributed by atoms with Crippen LogP contribution in [0.2, 0.25) is 0 Å². The Morgan fingerprint density at radius 3 is 2.37 bits per heavy atom. The molecule has 0 bridgehead atoms. The lowest BCUT2D eigenvalue weighted by atomic mass is 10.3. The third-order valence-electron chi connectivity index (χ3n) is 2.24. The lowest BCUT2D eigenvalue weighted by Crippen LogP contribution is -2.14. The Kier molecular flexibility index (Phi) is 3.44. The lowest BCUT2D eigenvalue weighted by Gasteiger charge is -2.12. The fourth-order valence-corrected chi connectivity index (χ4v) is 2.44. The highest BCUT2D eigenvalue weighted by molar-refractivity contribution is 7.19. The van der Waals surface area contributed by atoms with Crippen molar-refractivity contribution in [3.63, 3.8) is 0 Å². The van der Waals surface area contributed by atoms with E-state index in [1.807, 2.05) is 0 Å². The van der Waals surface area contributed by atoms with Crippen LogP contribution >= 0.6 is 11.3 Å². The molecule has 0 unspecified atom stereocenters. The van der Waals surface area contributed by atoms with Gasteiger partial charge in [-0.15, -0.1) is 0 Å². The second-order valence-corrected chi connectivity index (χ2v) is 4.93. The van der Waals surface area contributed by atoms with Gasteiger partial charge >= 0.3 is 6.18 Å². The topological polar surface area (TPSA) is 29.0 Å². The largest absolute Gasteiger partial charge is 0.436 e. The van der Waals surface area contributed by atoms with E-state index in [0.717, 1.165) is 23.6 Å². The number of aromatic nitrogens is 2. The molecule has 102 valence electrons. The molecule has 2 rings (SSSR count). The molecular formula is C11H9F4N3S. The summed E-state index contributed by atoms with van der Waals surface area (Å²) in [6.07, 6.45) is -2.29. The Bertz CT molecular complexity index is 592. The molecule has 0 saturated carbocycles. The summed E-state index contributed by atoms with van der Waals surface area (Å²) in [5.41, 5.74) is -0.745. The molecule has 0 aliphatic rings. The van der Waals surface area contributed by atoms with Crippen molar-refractivity contribution in [3.05, 3.63) is 30.0 Å². The zero-order chi connectivity index (χ0) is 14.2. The van der Waals surface area contributed by atoms with Crippen LogP contribution in [-0.2, 0) is 6.18 Å². The molecule has 0 saturated heterocycles. The number of rotatable bonds is 2. The summed E-state index contributed by atoms with van der Waals surface area (Å²) in [4.78, 5) is 8.49. The van der Waals surface area contributed by atoms with Crippen molar-refractivity contribution in [1.29, 1.82) is 0 Å². The van der Waals surface area contributed by atoms with E-state index in [1.165, 1.54) is 25.2 Å². The molecule has 2 aromatic rings. The molecule has 0 N–H and O–H groups in total. The highest BCUT2D eigenvalue weighted by Gasteiger charge is 2.38. The molecule has 0 spiro atoms. The highest BCUT2D eigenvalue weighted by Crippen LogP contribution is 2.42. The van der Waals surface area contributed by atoms with Crippen molar-refractivity contribution in [3.8, 4) is 10.6 Å². The molecule has 0 aliphatic heterocycles. The molecule has 3 nitrogen and oxygen atoms in total. The van der Waals surface area contributed by atoms with Crippen molar-refractivity contribution < 1.29 is 17.6 Å². The maximum absolute atomic E-state index is 13.0. The van der Waals surface area contributed by atoms with Gasteiger partial charge in [0.1, 0.15) is 15.8 Å². The van der Waals surface area contributed by atoms with Gasteiger partial charge in [0.05, 0.1) is 6.20 Å². The Balaban J connectivity index is 2.55. The van der Waals surface area contributed by atoms with E-state index in [0.29, 0.717) is 0 Å². The van der Waals surface area contributed by atoms with Gasteiger partial charge in [-0.05, 0) is 6.07 Å². The van der Waals surface area contributed by atoms with Crippen molar-refractivity contribution in [2.75, 3.05) is 19.0 Å². The normalized spacial score (nSPS) is 11.7. The SMILES string of the molecule is CN(C)c1sc(-c2cncc(F)c2)nc1C(F)(F)F. The third-order valence-corrected chi connectivity index (χ3v) is 3.51. The first-order chi connectivity index (χ1) is 8.79. The van der Waals surface area contributed by atoms with Gasteiger partial charge < -0.3 is 4.90 Å². The van der Waals surface area contributed by atoms with Gasteiger partial charge in [0.2, 0.25) is 0 Å². The van der Waals surface area contributed by atoms with Crippen LogP contribution in [0.4, 0.5) is 22.6 Å². The predicted molar refractivity (Wildman–Crippen MR) is 64.6 cm³/mol. The minimum atomic E-state index is -4.55. The Labute approximate surface area is 110 Å². The first kappa shape index (κ1) is 13.7. The van der Waals surface area contributed by atoms with Gasteiger partial charge in [-0.25, -0.2) is 9.37 Å². The molecule has 2 heterocycles. The maximum Gasteiger partial charge on any atom is 0.436 e. The molecule has 2 aromatic heterocycles. The van der Waals surface area contributed by atoms with Crippen LogP contribution in [0.15, 0.2) is 18.5 Å². The molecule has 0 atom stereocenters. The molecule has 0 aromatic carbocycles. The number of alkyl halides is 3. The summed E-state index contributed by atoms with van der Waals surface area (Å²) in [6, 6.07) is 1.10. The quantitative estimate of drug-likeness (QED) is 0.794. The lowest BCUT2D eigenvalue weighted by molar-refractivity contribution is -0.140. The average Bonchev–Trinajstić information content (AvgIpc) is 2.73. The summed E-state index contributed by atoms with van der Waals surface area (Å²) in [5, 5.41) is 0.0646. The van der Waals surface area contributed by atoms with Crippen LogP contribution in [-0.4, -0.2) is 24.1 Å².